The van der Waals surface area contributed by atoms with Crippen molar-refractivity contribution in [3.8, 4) is 10.6 Å². The predicted molar refractivity (Wildman–Crippen MR) is 117 cm³/mol. The topological polar surface area (TPSA) is 57.6 Å². The van der Waals surface area contributed by atoms with E-state index in [0.29, 0.717) is 11.5 Å². The van der Waals surface area contributed by atoms with Crippen LogP contribution in [0.2, 0.25) is 0 Å². The minimum absolute atomic E-state index is 0.188. The van der Waals surface area contributed by atoms with Gasteiger partial charge in [0.2, 0.25) is 0 Å². The lowest BCUT2D eigenvalue weighted by Crippen LogP contribution is -2.48. The Kier molecular flexibility index (Phi) is 4.74. The normalized spacial score (nSPS) is 22.7. The lowest BCUT2D eigenvalue weighted by atomic mass is 9.87. The minimum Gasteiger partial charge on any atom is -0.298 e. The monoisotopic (exact) mass is 454 g/mol. The molecule has 1 amide bonds. The Morgan fingerprint density at radius 3 is 2.82 bits per heavy atom. The van der Waals surface area contributed by atoms with Crippen LogP contribution in [0.5, 0.6) is 0 Å². The summed E-state index contributed by atoms with van der Waals surface area (Å²) in [6.07, 6.45) is 2.28. The summed E-state index contributed by atoms with van der Waals surface area (Å²) in [4.78, 5) is 21.3. The second-order valence-electron chi connectivity index (χ2n) is 7.29. The van der Waals surface area contributed by atoms with Crippen molar-refractivity contribution in [2.24, 2.45) is 11.0 Å². The number of thiophene rings is 1. The van der Waals surface area contributed by atoms with Gasteiger partial charge in [-0.1, -0.05) is 22.0 Å². The van der Waals surface area contributed by atoms with Crippen LogP contribution >= 0.6 is 27.3 Å². The van der Waals surface area contributed by atoms with Crippen molar-refractivity contribution in [2.45, 2.75) is 12.8 Å². The number of rotatable bonds is 3. The SMILES string of the molecule is O=C(N/N=C1/CN2CCC1CC2)c1cc(-c2cccs2)nc2ccc(Br)cc12. The molecule has 3 saturated heterocycles. The smallest absolute Gasteiger partial charge is 0.272 e. The molecule has 3 fully saturated rings. The predicted octanol–water partition coefficient (Wildman–Crippen LogP) is 4.54. The van der Waals surface area contributed by atoms with E-state index in [1.165, 1.54) is 0 Å². The Morgan fingerprint density at radius 1 is 1.25 bits per heavy atom. The maximum absolute atomic E-state index is 13.1. The molecule has 28 heavy (non-hydrogen) atoms. The zero-order chi connectivity index (χ0) is 19.1. The van der Waals surface area contributed by atoms with Crippen molar-refractivity contribution in [1.29, 1.82) is 0 Å². The number of carbonyl (C=O) groups excluding carboxylic acids is 1. The van der Waals surface area contributed by atoms with Gasteiger partial charge in [0.25, 0.3) is 5.91 Å². The largest absolute Gasteiger partial charge is 0.298 e. The molecule has 2 aromatic heterocycles. The van der Waals surface area contributed by atoms with Gasteiger partial charge >= 0.3 is 0 Å². The molecule has 7 heteroatoms. The molecular formula is C21H19BrN4OS. The fraction of sp³-hybridized carbons (Fsp3) is 0.286. The fourth-order valence-corrected chi connectivity index (χ4v) is 5.08. The van der Waals surface area contributed by atoms with Gasteiger partial charge < -0.3 is 0 Å². The third kappa shape index (κ3) is 3.38. The van der Waals surface area contributed by atoms with E-state index in [2.05, 4.69) is 31.4 Å². The first-order valence-electron chi connectivity index (χ1n) is 9.41. The molecule has 5 nitrogen and oxygen atoms in total. The quantitative estimate of drug-likeness (QED) is 0.591. The van der Waals surface area contributed by atoms with E-state index < -0.39 is 0 Å². The maximum atomic E-state index is 13.1. The zero-order valence-electron chi connectivity index (χ0n) is 15.2. The van der Waals surface area contributed by atoms with Crippen LogP contribution in [0.25, 0.3) is 21.5 Å². The molecule has 3 aliphatic rings. The van der Waals surface area contributed by atoms with Crippen LogP contribution in [0.4, 0.5) is 0 Å². The number of nitrogens with zero attached hydrogens (tertiary/aromatic N) is 3. The summed E-state index contributed by atoms with van der Waals surface area (Å²) in [5, 5.41) is 7.35. The Balaban J connectivity index is 1.51. The van der Waals surface area contributed by atoms with E-state index in [9.17, 15) is 4.79 Å². The molecule has 0 atom stereocenters. The van der Waals surface area contributed by atoms with Crippen molar-refractivity contribution in [3.63, 3.8) is 0 Å². The third-order valence-electron chi connectivity index (χ3n) is 5.53. The standard InChI is InChI=1S/C21H19BrN4OS/c22-14-3-4-17-15(10-14)16(11-18(23-17)20-2-1-9-28-20)21(27)25-24-19-12-26-7-5-13(19)6-8-26/h1-4,9-11,13H,5-8,12H2,(H,25,27)/b24-19-. The minimum atomic E-state index is -0.188. The Hall–Kier alpha value is -2.09. The van der Waals surface area contributed by atoms with Gasteiger partial charge in [-0.2, -0.15) is 5.10 Å². The van der Waals surface area contributed by atoms with Gasteiger partial charge in [0.1, 0.15) is 0 Å². The highest BCUT2D eigenvalue weighted by atomic mass is 79.9. The van der Waals surface area contributed by atoms with Gasteiger partial charge in [-0.25, -0.2) is 10.4 Å². The Labute approximate surface area is 175 Å². The van der Waals surface area contributed by atoms with E-state index in [4.69, 9.17) is 4.98 Å². The number of hydrogen-bond donors (Lipinski definition) is 1. The van der Waals surface area contributed by atoms with E-state index in [1.54, 1.807) is 11.3 Å². The summed E-state index contributed by atoms with van der Waals surface area (Å²) in [5.74, 6) is 0.322. The number of benzene rings is 1. The highest BCUT2D eigenvalue weighted by molar-refractivity contribution is 9.10. The average Bonchev–Trinajstić information content (AvgIpc) is 3.27. The summed E-state index contributed by atoms with van der Waals surface area (Å²) in [6.45, 7) is 3.16. The molecule has 0 saturated carbocycles. The van der Waals surface area contributed by atoms with E-state index in [0.717, 1.165) is 64.1 Å². The van der Waals surface area contributed by atoms with Crippen LogP contribution in [0.3, 0.4) is 0 Å². The molecule has 2 bridgehead atoms. The molecule has 3 aliphatic heterocycles. The second-order valence-corrected chi connectivity index (χ2v) is 9.15. The molecule has 5 heterocycles. The summed E-state index contributed by atoms with van der Waals surface area (Å²) in [6, 6.07) is 11.7. The number of aromatic nitrogens is 1. The number of hydrogen-bond acceptors (Lipinski definition) is 5. The number of nitrogens with one attached hydrogen (secondary N) is 1. The number of hydrazone groups is 1. The number of halogens is 1. The second kappa shape index (κ2) is 7.39. The number of piperidine rings is 3. The van der Waals surface area contributed by atoms with Crippen molar-refractivity contribution >= 4 is 49.8 Å². The van der Waals surface area contributed by atoms with Crippen LogP contribution in [0.15, 0.2) is 51.4 Å². The molecule has 142 valence electrons. The Bertz CT molecular complexity index is 1070. The maximum Gasteiger partial charge on any atom is 0.272 e. The first-order chi connectivity index (χ1) is 13.7. The molecule has 6 rings (SSSR count). The molecule has 0 aliphatic carbocycles. The number of pyridine rings is 1. The summed E-state index contributed by atoms with van der Waals surface area (Å²) >= 11 is 5.12. The van der Waals surface area contributed by atoms with Gasteiger partial charge in [0.05, 0.1) is 27.4 Å². The van der Waals surface area contributed by atoms with Gasteiger partial charge in [0.15, 0.2) is 0 Å². The van der Waals surface area contributed by atoms with Gasteiger partial charge in [-0.3, -0.25) is 9.69 Å². The summed E-state index contributed by atoms with van der Waals surface area (Å²) in [7, 11) is 0. The number of carbonyl (C=O) groups is 1. The van der Waals surface area contributed by atoms with Crippen molar-refractivity contribution in [2.75, 3.05) is 19.6 Å². The van der Waals surface area contributed by atoms with Crippen molar-refractivity contribution in [1.82, 2.24) is 15.3 Å². The van der Waals surface area contributed by atoms with E-state index in [-0.39, 0.29) is 5.91 Å². The van der Waals surface area contributed by atoms with Gasteiger partial charge in [0, 0.05) is 22.3 Å². The zero-order valence-corrected chi connectivity index (χ0v) is 17.6. The molecule has 0 unspecified atom stereocenters. The van der Waals surface area contributed by atoms with Gasteiger partial charge in [-0.15, -0.1) is 11.3 Å². The van der Waals surface area contributed by atoms with Gasteiger partial charge in [-0.05, 0) is 61.6 Å². The fourth-order valence-electron chi connectivity index (χ4n) is 4.03. The van der Waals surface area contributed by atoms with E-state index in [1.807, 2.05) is 41.8 Å². The molecule has 0 radical (unpaired) electrons. The molecular weight excluding hydrogens is 436 g/mol. The average molecular weight is 455 g/mol. The van der Waals surface area contributed by atoms with Crippen molar-refractivity contribution in [3.05, 3.63) is 51.8 Å². The summed E-state index contributed by atoms with van der Waals surface area (Å²) in [5.41, 5.74) is 6.13. The Morgan fingerprint density at radius 2 is 2.11 bits per heavy atom. The highest BCUT2D eigenvalue weighted by Gasteiger charge is 2.31. The van der Waals surface area contributed by atoms with Crippen LogP contribution in [-0.4, -0.2) is 41.1 Å². The van der Waals surface area contributed by atoms with Crippen molar-refractivity contribution < 1.29 is 4.79 Å². The highest BCUT2D eigenvalue weighted by Crippen LogP contribution is 2.30. The van der Waals surface area contributed by atoms with Crippen LogP contribution < -0.4 is 5.43 Å². The number of amides is 1. The lowest BCUT2D eigenvalue weighted by molar-refractivity contribution is 0.0955. The first-order valence-corrected chi connectivity index (χ1v) is 11.1. The molecule has 1 aromatic carbocycles. The molecule has 3 aromatic rings. The first kappa shape index (κ1) is 18.0. The van der Waals surface area contributed by atoms with Crippen LogP contribution in [-0.2, 0) is 0 Å². The summed E-state index contributed by atoms with van der Waals surface area (Å²) < 4.78 is 0.920. The molecule has 1 N–H and O–H groups in total. The van der Waals surface area contributed by atoms with E-state index >= 15 is 0 Å². The van der Waals surface area contributed by atoms with Crippen LogP contribution in [0.1, 0.15) is 23.2 Å². The van der Waals surface area contributed by atoms with Crippen LogP contribution in [0, 0.1) is 5.92 Å². The molecule has 0 spiro atoms. The number of fused-ring (bicyclic) bond motifs is 4. The lowest BCUT2D eigenvalue weighted by Gasteiger charge is -2.39. The third-order valence-corrected chi connectivity index (χ3v) is 6.92.